The largest absolute Gasteiger partial charge is 0.443 e. The number of hydrogen-bond acceptors (Lipinski definition) is 4. The van der Waals surface area contributed by atoms with Gasteiger partial charge >= 0.3 is 0 Å². The SMILES string of the molecule is O=CCNCCc1ccc2ncoc2c1. The van der Waals surface area contributed by atoms with Crippen molar-refractivity contribution in [3.8, 4) is 0 Å². The Bertz CT molecular complexity index is 451. The maximum absolute atomic E-state index is 10.1. The lowest BCUT2D eigenvalue weighted by atomic mass is 10.1. The molecule has 0 amide bonds. The Morgan fingerprint density at radius 1 is 1.47 bits per heavy atom. The molecule has 15 heavy (non-hydrogen) atoms. The minimum absolute atomic E-state index is 0.407. The number of aldehydes is 1. The van der Waals surface area contributed by atoms with Crippen LogP contribution < -0.4 is 5.32 Å². The average molecular weight is 204 g/mol. The van der Waals surface area contributed by atoms with Crippen LogP contribution in [-0.2, 0) is 11.2 Å². The van der Waals surface area contributed by atoms with E-state index in [0.717, 1.165) is 30.4 Å². The number of aromatic nitrogens is 1. The quantitative estimate of drug-likeness (QED) is 0.586. The van der Waals surface area contributed by atoms with Crippen molar-refractivity contribution >= 4 is 17.4 Å². The third-order valence-electron chi connectivity index (χ3n) is 2.21. The Hall–Kier alpha value is -1.68. The van der Waals surface area contributed by atoms with Gasteiger partial charge in [-0.1, -0.05) is 6.07 Å². The van der Waals surface area contributed by atoms with Gasteiger partial charge in [0.05, 0.1) is 6.54 Å². The first kappa shape index (κ1) is 9.86. The second-order valence-corrected chi connectivity index (χ2v) is 3.28. The van der Waals surface area contributed by atoms with E-state index in [9.17, 15) is 4.79 Å². The fourth-order valence-corrected chi connectivity index (χ4v) is 1.45. The molecule has 0 saturated carbocycles. The van der Waals surface area contributed by atoms with Crippen molar-refractivity contribution in [3.05, 3.63) is 30.2 Å². The maximum atomic E-state index is 10.1. The molecule has 0 atom stereocenters. The fourth-order valence-electron chi connectivity index (χ4n) is 1.45. The predicted octanol–water partition coefficient (Wildman–Crippen LogP) is 1.16. The lowest BCUT2D eigenvalue weighted by Crippen LogP contribution is -2.19. The molecule has 78 valence electrons. The van der Waals surface area contributed by atoms with Crippen LogP contribution in [0, 0.1) is 0 Å². The summed E-state index contributed by atoms with van der Waals surface area (Å²) in [5.74, 6) is 0. The second-order valence-electron chi connectivity index (χ2n) is 3.28. The van der Waals surface area contributed by atoms with Crippen LogP contribution in [0.25, 0.3) is 11.1 Å². The summed E-state index contributed by atoms with van der Waals surface area (Å²) < 4.78 is 5.20. The Morgan fingerprint density at radius 2 is 2.40 bits per heavy atom. The van der Waals surface area contributed by atoms with Crippen molar-refractivity contribution in [2.45, 2.75) is 6.42 Å². The van der Waals surface area contributed by atoms with Gasteiger partial charge in [0.25, 0.3) is 0 Å². The zero-order chi connectivity index (χ0) is 10.5. The standard InChI is InChI=1S/C11H12N2O2/c14-6-5-12-4-3-9-1-2-10-11(7-9)15-8-13-10/h1-2,6-8,12H,3-5H2. The molecule has 0 fully saturated rings. The van der Waals surface area contributed by atoms with Gasteiger partial charge in [-0.25, -0.2) is 4.98 Å². The van der Waals surface area contributed by atoms with Crippen LogP contribution >= 0.6 is 0 Å². The van der Waals surface area contributed by atoms with Gasteiger partial charge in [-0.2, -0.15) is 0 Å². The number of benzene rings is 1. The summed E-state index contributed by atoms with van der Waals surface area (Å²) in [6.45, 7) is 1.20. The number of carbonyl (C=O) groups excluding carboxylic acids is 1. The van der Waals surface area contributed by atoms with Crippen LogP contribution in [0.5, 0.6) is 0 Å². The number of hydrogen-bond donors (Lipinski definition) is 1. The first-order valence-corrected chi connectivity index (χ1v) is 4.86. The second kappa shape index (κ2) is 4.70. The van der Waals surface area contributed by atoms with E-state index in [1.807, 2.05) is 18.2 Å². The van der Waals surface area contributed by atoms with E-state index >= 15 is 0 Å². The fraction of sp³-hybridized carbons (Fsp3) is 0.273. The highest BCUT2D eigenvalue weighted by Crippen LogP contribution is 2.14. The van der Waals surface area contributed by atoms with Crippen molar-refractivity contribution in [1.29, 1.82) is 0 Å². The molecule has 2 aromatic rings. The summed E-state index contributed by atoms with van der Waals surface area (Å²) in [5, 5.41) is 3.01. The summed E-state index contributed by atoms with van der Waals surface area (Å²) >= 11 is 0. The van der Waals surface area contributed by atoms with E-state index in [4.69, 9.17) is 4.42 Å². The van der Waals surface area contributed by atoms with Crippen molar-refractivity contribution in [3.63, 3.8) is 0 Å². The maximum Gasteiger partial charge on any atom is 0.181 e. The Balaban J connectivity index is 1.98. The van der Waals surface area contributed by atoms with Gasteiger partial charge < -0.3 is 14.5 Å². The normalized spacial score (nSPS) is 10.7. The van der Waals surface area contributed by atoms with Gasteiger partial charge in [-0.3, -0.25) is 0 Å². The van der Waals surface area contributed by atoms with E-state index in [0.29, 0.717) is 6.54 Å². The molecule has 0 spiro atoms. The lowest BCUT2D eigenvalue weighted by molar-refractivity contribution is -0.107. The topological polar surface area (TPSA) is 55.1 Å². The molecule has 2 rings (SSSR count). The number of nitrogens with zero attached hydrogens (tertiary/aromatic N) is 1. The van der Waals surface area contributed by atoms with Gasteiger partial charge in [-0.15, -0.1) is 0 Å². The van der Waals surface area contributed by atoms with E-state index in [-0.39, 0.29) is 0 Å². The molecular weight excluding hydrogens is 192 g/mol. The Labute approximate surface area is 87.3 Å². The lowest BCUT2D eigenvalue weighted by Gasteiger charge is -2.00. The van der Waals surface area contributed by atoms with Crippen LogP contribution in [0.1, 0.15) is 5.56 Å². The van der Waals surface area contributed by atoms with Crippen LogP contribution in [0.3, 0.4) is 0 Å². The highest BCUT2D eigenvalue weighted by molar-refractivity contribution is 5.72. The molecule has 0 saturated heterocycles. The zero-order valence-electron chi connectivity index (χ0n) is 8.27. The number of fused-ring (bicyclic) bond motifs is 1. The van der Waals surface area contributed by atoms with Crippen molar-refractivity contribution in [2.24, 2.45) is 0 Å². The zero-order valence-corrected chi connectivity index (χ0v) is 8.27. The number of carbonyl (C=O) groups is 1. The Morgan fingerprint density at radius 3 is 3.27 bits per heavy atom. The van der Waals surface area contributed by atoms with Crippen LogP contribution in [-0.4, -0.2) is 24.4 Å². The number of rotatable bonds is 5. The van der Waals surface area contributed by atoms with Crippen molar-refractivity contribution in [2.75, 3.05) is 13.1 Å². The molecule has 1 aromatic heterocycles. The van der Waals surface area contributed by atoms with E-state index in [2.05, 4.69) is 10.3 Å². The third-order valence-corrected chi connectivity index (χ3v) is 2.21. The van der Waals surface area contributed by atoms with Crippen molar-refractivity contribution in [1.82, 2.24) is 10.3 Å². The van der Waals surface area contributed by atoms with Crippen LogP contribution in [0.2, 0.25) is 0 Å². The number of nitrogens with one attached hydrogen (secondary N) is 1. The molecule has 1 heterocycles. The van der Waals surface area contributed by atoms with E-state index < -0.39 is 0 Å². The molecule has 0 bridgehead atoms. The van der Waals surface area contributed by atoms with E-state index in [1.165, 1.54) is 12.0 Å². The predicted molar refractivity (Wildman–Crippen MR) is 56.6 cm³/mol. The van der Waals surface area contributed by atoms with E-state index in [1.54, 1.807) is 0 Å². The van der Waals surface area contributed by atoms with Gasteiger partial charge in [0.15, 0.2) is 12.0 Å². The molecule has 0 radical (unpaired) electrons. The van der Waals surface area contributed by atoms with Crippen LogP contribution in [0.15, 0.2) is 29.0 Å². The monoisotopic (exact) mass is 204 g/mol. The third kappa shape index (κ3) is 2.41. The molecule has 1 aromatic carbocycles. The highest BCUT2D eigenvalue weighted by atomic mass is 16.3. The molecular formula is C11H12N2O2. The van der Waals surface area contributed by atoms with Gasteiger partial charge in [0.2, 0.25) is 0 Å². The van der Waals surface area contributed by atoms with Gasteiger partial charge in [-0.05, 0) is 30.7 Å². The molecule has 0 aliphatic rings. The first-order chi connectivity index (χ1) is 7.40. The molecule has 0 unspecified atom stereocenters. The minimum atomic E-state index is 0.407. The molecule has 4 nitrogen and oxygen atoms in total. The Kier molecular flexibility index (Phi) is 3.09. The molecule has 1 N–H and O–H groups in total. The summed E-state index contributed by atoms with van der Waals surface area (Å²) in [7, 11) is 0. The van der Waals surface area contributed by atoms with Gasteiger partial charge in [0, 0.05) is 0 Å². The molecule has 4 heteroatoms. The van der Waals surface area contributed by atoms with Crippen molar-refractivity contribution < 1.29 is 9.21 Å². The molecule has 0 aliphatic heterocycles. The van der Waals surface area contributed by atoms with Gasteiger partial charge in [0.1, 0.15) is 11.8 Å². The summed E-state index contributed by atoms with van der Waals surface area (Å²) in [6.07, 6.45) is 3.18. The van der Waals surface area contributed by atoms with Crippen LogP contribution in [0.4, 0.5) is 0 Å². The first-order valence-electron chi connectivity index (χ1n) is 4.86. The smallest absolute Gasteiger partial charge is 0.181 e. The highest BCUT2D eigenvalue weighted by Gasteiger charge is 1.99. The minimum Gasteiger partial charge on any atom is -0.443 e. The average Bonchev–Trinajstić information content (AvgIpc) is 2.71. The molecule has 0 aliphatic carbocycles. The number of oxazole rings is 1. The summed E-state index contributed by atoms with van der Waals surface area (Å²) in [4.78, 5) is 14.1. The summed E-state index contributed by atoms with van der Waals surface area (Å²) in [6, 6.07) is 5.94. The summed E-state index contributed by atoms with van der Waals surface area (Å²) in [5.41, 5.74) is 2.86.